The third-order valence-electron chi connectivity index (χ3n) is 2.65. The highest BCUT2D eigenvalue weighted by Gasteiger charge is 2.15. The van der Waals surface area contributed by atoms with Crippen molar-refractivity contribution in [3.05, 3.63) is 29.3 Å². The number of aromatic carboxylic acids is 1. The molecule has 1 aromatic carbocycles. The summed E-state index contributed by atoms with van der Waals surface area (Å²) in [5, 5.41) is 30.6. The van der Waals surface area contributed by atoms with Crippen LogP contribution in [0.15, 0.2) is 18.2 Å². The van der Waals surface area contributed by atoms with E-state index in [1.165, 1.54) is 12.1 Å². The quantitative estimate of drug-likeness (QED) is 0.619. The standard InChI is InChI=1S/C16H21NO6/c1-16(2,3)23-15(22)17-7-5-4-6-10-8-11(14(20)21)13(19)9-12(10)18/h4,6,8-9,18-19H,5,7H2,1-3H3,(H,17,22)(H,20,21). The molecule has 0 fully saturated rings. The molecule has 0 bridgehead atoms. The van der Waals surface area contributed by atoms with E-state index in [-0.39, 0.29) is 16.9 Å². The molecule has 0 aliphatic heterocycles. The van der Waals surface area contributed by atoms with Crippen molar-refractivity contribution in [3.63, 3.8) is 0 Å². The Morgan fingerprint density at radius 1 is 1.22 bits per heavy atom. The third-order valence-corrected chi connectivity index (χ3v) is 2.65. The highest BCUT2D eigenvalue weighted by atomic mass is 16.6. The summed E-state index contributed by atoms with van der Waals surface area (Å²) in [7, 11) is 0. The first-order valence-corrected chi connectivity index (χ1v) is 7.03. The van der Waals surface area contributed by atoms with Gasteiger partial charge in [0.05, 0.1) is 0 Å². The van der Waals surface area contributed by atoms with Crippen LogP contribution in [0.1, 0.15) is 43.1 Å². The summed E-state index contributed by atoms with van der Waals surface area (Å²) >= 11 is 0. The first-order chi connectivity index (χ1) is 10.6. The number of benzene rings is 1. The molecule has 126 valence electrons. The van der Waals surface area contributed by atoms with E-state index in [0.29, 0.717) is 13.0 Å². The van der Waals surface area contributed by atoms with Crippen molar-refractivity contribution in [1.82, 2.24) is 5.32 Å². The molecule has 0 aromatic heterocycles. The van der Waals surface area contributed by atoms with Gasteiger partial charge in [-0.15, -0.1) is 0 Å². The van der Waals surface area contributed by atoms with Crippen molar-refractivity contribution in [3.8, 4) is 11.5 Å². The van der Waals surface area contributed by atoms with Gasteiger partial charge >= 0.3 is 12.1 Å². The Bertz CT molecular complexity index is 616. The maximum atomic E-state index is 11.4. The average molecular weight is 323 g/mol. The number of alkyl carbamates (subject to hydrolysis) is 1. The average Bonchev–Trinajstić information content (AvgIpc) is 2.38. The van der Waals surface area contributed by atoms with Crippen molar-refractivity contribution < 1.29 is 29.6 Å². The minimum atomic E-state index is -1.29. The number of hydrogen-bond acceptors (Lipinski definition) is 5. The molecule has 0 radical (unpaired) electrons. The van der Waals surface area contributed by atoms with Crippen molar-refractivity contribution in [2.45, 2.75) is 32.8 Å². The van der Waals surface area contributed by atoms with Crippen molar-refractivity contribution >= 4 is 18.1 Å². The van der Waals surface area contributed by atoms with Crippen LogP contribution in [0.5, 0.6) is 11.5 Å². The van der Waals surface area contributed by atoms with Crippen LogP contribution in [0.4, 0.5) is 4.79 Å². The van der Waals surface area contributed by atoms with Crippen molar-refractivity contribution in [2.24, 2.45) is 0 Å². The fraction of sp³-hybridized carbons (Fsp3) is 0.375. The number of aromatic hydroxyl groups is 2. The van der Waals surface area contributed by atoms with Crippen LogP contribution in [0, 0.1) is 0 Å². The van der Waals surface area contributed by atoms with Gasteiger partial charge in [-0.2, -0.15) is 0 Å². The van der Waals surface area contributed by atoms with Crippen molar-refractivity contribution in [2.75, 3.05) is 6.54 Å². The molecule has 23 heavy (non-hydrogen) atoms. The first kappa shape index (κ1) is 18.3. The summed E-state index contributed by atoms with van der Waals surface area (Å²) in [5.74, 6) is -2.02. The number of hydrogen-bond donors (Lipinski definition) is 4. The zero-order valence-corrected chi connectivity index (χ0v) is 13.3. The van der Waals surface area contributed by atoms with E-state index in [0.717, 1.165) is 6.07 Å². The van der Waals surface area contributed by atoms with Crippen molar-refractivity contribution in [1.29, 1.82) is 0 Å². The van der Waals surface area contributed by atoms with Crippen LogP contribution in [-0.2, 0) is 4.74 Å². The molecule has 7 nitrogen and oxygen atoms in total. The molecule has 4 N–H and O–H groups in total. The Kier molecular flexibility index (Phi) is 6.01. The fourth-order valence-electron chi connectivity index (χ4n) is 1.68. The number of nitrogens with one attached hydrogen (secondary N) is 1. The maximum absolute atomic E-state index is 11.4. The molecule has 0 atom stereocenters. The molecule has 0 saturated carbocycles. The van der Waals surface area contributed by atoms with Crippen LogP contribution >= 0.6 is 0 Å². The Balaban J connectivity index is 2.57. The van der Waals surface area contributed by atoms with Gasteiger partial charge in [-0.25, -0.2) is 9.59 Å². The van der Waals surface area contributed by atoms with Gasteiger partial charge in [0.25, 0.3) is 0 Å². The molecule has 0 heterocycles. The van der Waals surface area contributed by atoms with Gasteiger partial charge in [-0.1, -0.05) is 12.2 Å². The molecule has 1 rings (SSSR count). The van der Waals surface area contributed by atoms with Gasteiger partial charge < -0.3 is 25.4 Å². The molecule has 0 aliphatic rings. The number of carbonyl (C=O) groups excluding carboxylic acids is 1. The van der Waals surface area contributed by atoms with Gasteiger partial charge in [0.1, 0.15) is 22.7 Å². The predicted octanol–water partition coefficient (Wildman–Crippen LogP) is 2.72. The van der Waals surface area contributed by atoms with Gasteiger partial charge in [0.15, 0.2) is 0 Å². The number of phenols is 2. The number of ether oxygens (including phenoxy) is 1. The van der Waals surface area contributed by atoms with Crippen LogP contribution in [0.25, 0.3) is 6.08 Å². The van der Waals surface area contributed by atoms with Gasteiger partial charge in [0, 0.05) is 18.2 Å². The lowest BCUT2D eigenvalue weighted by Crippen LogP contribution is -2.32. The van der Waals surface area contributed by atoms with E-state index in [4.69, 9.17) is 9.84 Å². The third kappa shape index (κ3) is 6.29. The molecule has 7 heteroatoms. The summed E-state index contributed by atoms with van der Waals surface area (Å²) in [5.41, 5.74) is -0.600. The second kappa shape index (κ2) is 7.53. The van der Waals surface area contributed by atoms with Crippen LogP contribution in [-0.4, -0.2) is 39.5 Å². The monoisotopic (exact) mass is 323 g/mol. The Hall–Kier alpha value is -2.70. The number of phenolic OH excluding ortho intramolecular Hbond substituents is 1. The largest absolute Gasteiger partial charge is 0.507 e. The van der Waals surface area contributed by atoms with E-state index >= 15 is 0 Å². The molecular weight excluding hydrogens is 302 g/mol. The number of carbonyl (C=O) groups is 2. The number of carboxylic acid groups (broad SMARTS) is 1. The topological polar surface area (TPSA) is 116 Å². The lowest BCUT2D eigenvalue weighted by atomic mass is 10.1. The molecule has 0 aliphatic carbocycles. The minimum absolute atomic E-state index is 0.233. The summed E-state index contributed by atoms with van der Waals surface area (Å²) < 4.78 is 5.07. The lowest BCUT2D eigenvalue weighted by Gasteiger charge is -2.19. The molecule has 0 saturated heterocycles. The zero-order chi connectivity index (χ0) is 17.6. The molecular formula is C16H21NO6. The highest BCUT2D eigenvalue weighted by molar-refractivity contribution is 5.92. The van der Waals surface area contributed by atoms with E-state index in [1.54, 1.807) is 26.8 Å². The minimum Gasteiger partial charge on any atom is -0.507 e. The molecule has 1 amide bonds. The summed E-state index contributed by atoms with van der Waals surface area (Å²) in [6.45, 7) is 5.62. The maximum Gasteiger partial charge on any atom is 0.407 e. The smallest absolute Gasteiger partial charge is 0.407 e. The van der Waals surface area contributed by atoms with Gasteiger partial charge in [-0.3, -0.25) is 0 Å². The van der Waals surface area contributed by atoms with Crippen LogP contribution in [0.3, 0.4) is 0 Å². The summed E-state index contributed by atoms with van der Waals surface area (Å²) in [4.78, 5) is 22.3. The molecule has 0 unspecified atom stereocenters. The SMILES string of the molecule is CC(C)(C)OC(=O)NCCC=Cc1cc(C(=O)O)c(O)cc1O. The zero-order valence-electron chi connectivity index (χ0n) is 13.3. The molecule has 1 aromatic rings. The lowest BCUT2D eigenvalue weighted by molar-refractivity contribution is 0.0528. The summed E-state index contributed by atoms with van der Waals surface area (Å²) in [6.07, 6.45) is 3.11. The number of carboxylic acids is 1. The van der Waals surface area contributed by atoms with E-state index in [9.17, 15) is 19.8 Å². The second-order valence-corrected chi connectivity index (χ2v) is 5.85. The Morgan fingerprint density at radius 3 is 2.43 bits per heavy atom. The normalized spacial score (nSPS) is 11.4. The fourth-order valence-corrected chi connectivity index (χ4v) is 1.68. The predicted molar refractivity (Wildman–Crippen MR) is 84.6 cm³/mol. The number of rotatable bonds is 5. The second-order valence-electron chi connectivity index (χ2n) is 5.85. The Labute approximate surface area is 134 Å². The van der Waals surface area contributed by atoms with E-state index < -0.39 is 23.4 Å². The highest BCUT2D eigenvalue weighted by Crippen LogP contribution is 2.28. The van der Waals surface area contributed by atoms with Gasteiger partial charge in [0.2, 0.25) is 0 Å². The summed E-state index contributed by atoms with van der Waals surface area (Å²) in [6, 6.07) is 2.15. The Morgan fingerprint density at radius 2 is 1.87 bits per heavy atom. The van der Waals surface area contributed by atoms with Crippen LogP contribution in [0.2, 0.25) is 0 Å². The number of amides is 1. The van der Waals surface area contributed by atoms with E-state index in [2.05, 4.69) is 5.32 Å². The first-order valence-electron chi connectivity index (χ1n) is 7.03. The van der Waals surface area contributed by atoms with E-state index in [1.807, 2.05) is 0 Å². The molecule has 0 spiro atoms. The van der Waals surface area contributed by atoms with Crippen LogP contribution < -0.4 is 5.32 Å². The van der Waals surface area contributed by atoms with Gasteiger partial charge in [-0.05, 0) is 33.3 Å².